The van der Waals surface area contributed by atoms with Gasteiger partial charge in [-0.1, -0.05) is 17.7 Å². The molecule has 2 aromatic carbocycles. The molecule has 30 heavy (non-hydrogen) atoms. The highest BCUT2D eigenvalue weighted by Gasteiger charge is 2.28. The number of methoxy groups -OCH3 is 1. The van der Waals surface area contributed by atoms with E-state index in [4.69, 9.17) is 25.8 Å². The molecule has 2 atom stereocenters. The molecule has 2 aromatic rings. The Balaban J connectivity index is 1.56. The normalized spacial score (nSPS) is 19.2. The topological polar surface area (TPSA) is 68.2 Å². The lowest BCUT2D eigenvalue weighted by Gasteiger charge is -2.22. The van der Waals surface area contributed by atoms with Crippen LogP contribution in [-0.4, -0.2) is 54.9 Å². The second kappa shape index (κ2) is 10.0. The Morgan fingerprint density at radius 3 is 2.47 bits per heavy atom. The number of carbonyl (C=O) groups excluding carboxylic acids is 1. The molecule has 0 spiro atoms. The van der Waals surface area contributed by atoms with Gasteiger partial charge < -0.3 is 24.2 Å². The van der Waals surface area contributed by atoms with E-state index in [1.54, 1.807) is 18.1 Å². The highest BCUT2D eigenvalue weighted by atomic mass is 35.5. The fraction of sp³-hybridized carbons (Fsp3) is 0.435. The Hall–Kier alpha value is -2.44. The number of halogens is 1. The molecule has 1 amide bonds. The van der Waals surface area contributed by atoms with Gasteiger partial charge in [-0.05, 0) is 55.7 Å². The van der Waals surface area contributed by atoms with Crippen LogP contribution in [0, 0.1) is 13.8 Å². The Bertz CT molecular complexity index is 865. The average Bonchev–Trinajstić information content (AvgIpc) is 2.92. The zero-order valence-electron chi connectivity index (χ0n) is 17.6. The summed E-state index contributed by atoms with van der Waals surface area (Å²) in [6.07, 6.45) is -0.0723. The molecule has 0 bridgehead atoms. The monoisotopic (exact) mass is 433 g/mol. The van der Waals surface area contributed by atoms with Crippen molar-refractivity contribution in [3.8, 4) is 17.2 Å². The molecule has 7 heteroatoms. The maximum Gasteiger partial charge on any atom is 0.260 e. The van der Waals surface area contributed by atoms with Crippen molar-refractivity contribution in [2.45, 2.75) is 38.9 Å². The number of amides is 1. The summed E-state index contributed by atoms with van der Waals surface area (Å²) in [6.45, 7) is 4.70. The number of carbonyl (C=O) groups is 1. The molecular formula is C23H28ClNO5. The molecule has 0 unspecified atom stereocenters. The van der Waals surface area contributed by atoms with Crippen LogP contribution in [0.15, 0.2) is 36.4 Å². The van der Waals surface area contributed by atoms with E-state index in [0.29, 0.717) is 48.2 Å². The van der Waals surface area contributed by atoms with Crippen molar-refractivity contribution in [1.29, 1.82) is 0 Å². The first-order valence-electron chi connectivity index (χ1n) is 10.0. The smallest absolute Gasteiger partial charge is 0.260 e. The molecule has 3 rings (SSSR count). The van der Waals surface area contributed by atoms with Crippen LogP contribution in [0.4, 0.5) is 0 Å². The summed E-state index contributed by atoms with van der Waals surface area (Å²) < 4.78 is 16.9. The highest BCUT2D eigenvalue weighted by molar-refractivity contribution is 6.32. The van der Waals surface area contributed by atoms with E-state index < -0.39 is 12.2 Å². The van der Waals surface area contributed by atoms with E-state index in [-0.39, 0.29) is 12.5 Å². The van der Waals surface area contributed by atoms with Crippen molar-refractivity contribution in [3.05, 3.63) is 52.5 Å². The Morgan fingerprint density at radius 1 is 1.10 bits per heavy atom. The van der Waals surface area contributed by atoms with Crippen molar-refractivity contribution in [1.82, 2.24) is 4.90 Å². The number of rotatable bonds is 6. The van der Waals surface area contributed by atoms with E-state index in [9.17, 15) is 9.90 Å². The van der Waals surface area contributed by atoms with Gasteiger partial charge in [0, 0.05) is 30.6 Å². The van der Waals surface area contributed by atoms with Gasteiger partial charge in [0.1, 0.15) is 23.4 Å². The van der Waals surface area contributed by atoms with Gasteiger partial charge in [-0.15, -0.1) is 0 Å². The maximum absolute atomic E-state index is 12.7. The number of hydrogen-bond donors (Lipinski definition) is 1. The highest BCUT2D eigenvalue weighted by Crippen LogP contribution is 2.26. The second-order valence-corrected chi connectivity index (χ2v) is 7.90. The molecule has 1 aliphatic heterocycles. The first-order chi connectivity index (χ1) is 14.4. The zero-order chi connectivity index (χ0) is 21.7. The van der Waals surface area contributed by atoms with Gasteiger partial charge in [0.05, 0.1) is 13.2 Å². The average molecular weight is 434 g/mol. The predicted octanol–water partition coefficient (Wildman–Crippen LogP) is 3.78. The van der Waals surface area contributed by atoms with E-state index >= 15 is 0 Å². The van der Waals surface area contributed by atoms with Gasteiger partial charge in [-0.2, -0.15) is 0 Å². The first-order valence-corrected chi connectivity index (χ1v) is 10.4. The second-order valence-electron chi connectivity index (χ2n) is 7.52. The summed E-state index contributed by atoms with van der Waals surface area (Å²) in [5.74, 6) is 1.83. The summed E-state index contributed by atoms with van der Waals surface area (Å²) in [5, 5.41) is 11.2. The van der Waals surface area contributed by atoms with Crippen molar-refractivity contribution in [2.75, 3.05) is 26.8 Å². The van der Waals surface area contributed by atoms with Gasteiger partial charge in [-0.3, -0.25) is 4.79 Å². The van der Waals surface area contributed by atoms with Crippen molar-refractivity contribution in [2.24, 2.45) is 0 Å². The fourth-order valence-corrected chi connectivity index (χ4v) is 3.63. The molecule has 1 aliphatic rings. The van der Waals surface area contributed by atoms with Crippen LogP contribution in [0.25, 0.3) is 0 Å². The molecule has 0 aliphatic carbocycles. The Kier molecular flexibility index (Phi) is 7.45. The first kappa shape index (κ1) is 22.2. The molecule has 0 saturated carbocycles. The number of aliphatic hydroxyl groups is 1. The van der Waals surface area contributed by atoms with Crippen LogP contribution in [0.1, 0.15) is 24.0 Å². The van der Waals surface area contributed by atoms with Crippen LogP contribution >= 0.6 is 11.6 Å². The Labute approximate surface area is 182 Å². The third-order valence-electron chi connectivity index (χ3n) is 5.26. The summed E-state index contributed by atoms with van der Waals surface area (Å²) in [5.41, 5.74) is 1.82. The maximum atomic E-state index is 12.7. The summed E-state index contributed by atoms with van der Waals surface area (Å²) in [7, 11) is 1.60. The van der Waals surface area contributed by atoms with Crippen LogP contribution in [-0.2, 0) is 4.79 Å². The number of benzene rings is 2. The zero-order valence-corrected chi connectivity index (χ0v) is 18.3. The number of nitrogens with zero attached hydrogens (tertiary/aromatic N) is 1. The molecule has 1 fully saturated rings. The van der Waals surface area contributed by atoms with Gasteiger partial charge in [0.25, 0.3) is 5.91 Å². The SMILES string of the molecule is COc1cccc(O[C@H]2CCN(C(=O)COc3cc(C)c(Cl)c(C)c3)CC[C@@H]2O)c1. The van der Waals surface area contributed by atoms with Crippen molar-refractivity contribution < 1.29 is 24.1 Å². The largest absolute Gasteiger partial charge is 0.497 e. The number of aliphatic hydroxyl groups excluding tert-OH is 1. The van der Waals surface area contributed by atoms with E-state index in [1.165, 1.54) is 0 Å². The minimum atomic E-state index is -0.656. The van der Waals surface area contributed by atoms with E-state index in [2.05, 4.69) is 0 Å². The number of likely N-dealkylation sites (tertiary alicyclic amines) is 1. The lowest BCUT2D eigenvalue weighted by atomic mass is 10.1. The van der Waals surface area contributed by atoms with Gasteiger partial charge >= 0.3 is 0 Å². The predicted molar refractivity (Wildman–Crippen MR) is 116 cm³/mol. The third kappa shape index (κ3) is 5.58. The Morgan fingerprint density at radius 2 is 1.77 bits per heavy atom. The molecule has 1 saturated heterocycles. The molecule has 0 radical (unpaired) electrons. The van der Waals surface area contributed by atoms with Gasteiger partial charge in [0.2, 0.25) is 0 Å². The van der Waals surface area contributed by atoms with Gasteiger partial charge in [-0.25, -0.2) is 0 Å². The van der Waals surface area contributed by atoms with E-state index in [0.717, 1.165) is 11.1 Å². The minimum Gasteiger partial charge on any atom is -0.497 e. The third-order valence-corrected chi connectivity index (χ3v) is 5.86. The lowest BCUT2D eigenvalue weighted by molar-refractivity contribution is -0.133. The quantitative estimate of drug-likeness (QED) is 0.750. The molecule has 1 heterocycles. The fourth-order valence-electron chi connectivity index (χ4n) is 3.52. The van der Waals surface area contributed by atoms with Crippen LogP contribution in [0.2, 0.25) is 5.02 Å². The number of aryl methyl sites for hydroxylation is 2. The van der Waals surface area contributed by atoms with E-state index in [1.807, 2.05) is 44.2 Å². The summed E-state index contributed by atoms with van der Waals surface area (Å²) >= 11 is 6.18. The van der Waals surface area contributed by atoms with Crippen LogP contribution < -0.4 is 14.2 Å². The molecule has 0 aromatic heterocycles. The molecular weight excluding hydrogens is 406 g/mol. The van der Waals surface area contributed by atoms with Crippen molar-refractivity contribution >= 4 is 17.5 Å². The van der Waals surface area contributed by atoms with Crippen molar-refractivity contribution in [3.63, 3.8) is 0 Å². The summed E-state index contributed by atoms with van der Waals surface area (Å²) in [4.78, 5) is 14.4. The van der Waals surface area contributed by atoms with Crippen LogP contribution in [0.3, 0.4) is 0 Å². The summed E-state index contributed by atoms with van der Waals surface area (Å²) in [6, 6.07) is 10.9. The lowest BCUT2D eigenvalue weighted by Crippen LogP contribution is -2.36. The van der Waals surface area contributed by atoms with Gasteiger partial charge in [0.15, 0.2) is 6.61 Å². The number of hydrogen-bond acceptors (Lipinski definition) is 5. The van der Waals surface area contributed by atoms with Crippen LogP contribution in [0.5, 0.6) is 17.2 Å². The number of ether oxygens (including phenoxy) is 3. The minimum absolute atomic E-state index is 0.0575. The molecule has 162 valence electrons. The standard InChI is InChI=1S/C23H28ClNO5/c1-15-11-19(12-16(2)23(15)24)29-14-22(27)25-9-7-20(26)21(8-10-25)30-18-6-4-5-17(13-18)28-3/h4-6,11-13,20-21,26H,7-10,14H2,1-3H3/t20-,21-/m0/s1. The molecule has 6 nitrogen and oxygen atoms in total. The molecule has 1 N–H and O–H groups in total.